The summed E-state index contributed by atoms with van der Waals surface area (Å²) in [5.74, 6) is -0.896. The fourth-order valence-electron chi connectivity index (χ4n) is 1.65. The third-order valence-electron chi connectivity index (χ3n) is 2.45. The topological polar surface area (TPSA) is 81.7 Å². The average Bonchev–Trinajstić information content (AvgIpc) is 2.38. The molecule has 114 valence electrons. The number of hydrogen-bond donors (Lipinski definition) is 1. The SMILES string of the molecule is CCCNC(=O)Cc1ccc(OC(C)=O)c(OC(C)=O)c1. The lowest BCUT2D eigenvalue weighted by molar-refractivity contribution is -0.134. The van der Waals surface area contributed by atoms with E-state index in [2.05, 4.69) is 5.32 Å². The molecule has 0 spiro atoms. The molecule has 6 nitrogen and oxygen atoms in total. The second kappa shape index (κ2) is 8.04. The van der Waals surface area contributed by atoms with Crippen molar-refractivity contribution in [2.75, 3.05) is 6.54 Å². The summed E-state index contributed by atoms with van der Waals surface area (Å²) in [6.45, 7) is 5.08. The minimum Gasteiger partial charge on any atom is -0.423 e. The Balaban J connectivity index is 2.89. The summed E-state index contributed by atoms with van der Waals surface area (Å²) in [6, 6.07) is 4.67. The lowest BCUT2D eigenvalue weighted by Gasteiger charge is -2.10. The monoisotopic (exact) mass is 293 g/mol. The van der Waals surface area contributed by atoms with Crippen LogP contribution in [0, 0.1) is 0 Å². The Hall–Kier alpha value is -2.37. The highest BCUT2D eigenvalue weighted by Crippen LogP contribution is 2.29. The molecule has 0 aliphatic carbocycles. The molecule has 0 saturated heterocycles. The van der Waals surface area contributed by atoms with Crippen molar-refractivity contribution in [2.45, 2.75) is 33.6 Å². The smallest absolute Gasteiger partial charge is 0.308 e. The van der Waals surface area contributed by atoms with Crippen LogP contribution in [0.4, 0.5) is 0 Å². The molecule has 0 aliphatic rings. The van der Waals surface area contributed by atoms with Crippen LogP contribution >= 0.6 is 0 Å². The van der Waals surface area contributed by atoms with Crippen LogP contribution in [0.25, 0.3) is 0 Å². The summed E-state index contributed by atoms with van der Waals surface area (Å²) in [5, 5.41) is 2.76. The van der Waals surface area contributed by atoms with Crippen LogP contribution in [0.3, 0.4) is 0 Å². The van der Waals surface area contributed by atoms with Gasteiger partial charge in [0.2, 0.25) is 5.91 Å². The molecule has 1 rings (SSSR count). The Bertz CT molecular complexity index is 539. The van der Waals surface area contributed by atoms with Crippen molar-refractivity contribution in [2.24, 2.45) is 0 Å². The van der Waals surface area contributed by atoms with Crippen LogP contribution in [0.5, 0.6) is 11.5 Å². The van der Waals surface area contributed by atoms with Gasteiger partial charge >= 0.3 is 11.9 Å². The number of esters is 2. The lowest BCUT2D eigenvalue weighted by atomic mass is 10.1. The van der Waals surface area contributed by atoms with Crippen LogP contribution in [0.1, 0.15) is 32.8 Å². The van der Waals surface area contributed by atoms with E-state index in [0.29, 0.717) is 12.1 Å². The molecule has 0 aromatic heterocycles. The van der Waals surface area contributed by atoms with Crippen molar-refractivity contribution < 1.29 is 23.9 Å². The highest BCUT2D eigenvalue weighted by atomic mass is 16.6. The third kappa shape index (κ3) is 6.07. The molecule has 0 heterocycles. The van der Waals surface area contributed by atoms with Gasteiger partial charge in [-0.05, 0) is 24.1 Å². The molecule has 0 saturated carbocycles. The van der Waals surface area contributed by atoms with Crippen molar-refractivity contribution in [3.63, 3.8) is 0 Å². The number of ether oxygens (including phenoxy) is 2. The van der Waals surface area contributed by atoms with Crippen molar-refractivity contribution in [1.29, 1.82) is 0 Å². The van der Waals surface area contributed by atoms with Crippen LogP contribution in [0.15, 0.2) is 18.2 Å². The van der Waals surface area contributed by atoms with Crippen LogP contribution in [0.2, 0.25) is 0 Å². The van der Waals surface area contributed by atoms with Crippen molar-refractivity contribution in [1.82, 2.24) is 5.32 Å². The number of nitrogens with one attached hydrogen (secondary N) is 1. The zero-order chi connectivity index (χ0) is 15.8. The summed E-state index contributed by atoms with van der Waals surface area (Å²) in [7, 11) is 0. The van der Waals surface area contributed by atoms with Gasteiger partial charge in [-0.1, -0.05) is 13.0 Å². The summed E-state index contributed by atoms with van der Waals surface area (Å²) in [6.07, 6.45) is 1.02. The number of rotatable bonds is 6. The Kier molecular flexibility index (Phi) is 6.39. The molecule has 1 aromatic carbocycles. The molecule has 21 heavy (non-hydrogen) atoms. The number of carbonyl (C=O) groups is 3. The molecule has 1 N–H and O–H groups in total. The van der Waals surface area contributed by atoms with Gasteiger partial charge < -0.3 is 14.8 Å². The average molecular weight is 293 g/mol. The highest BCUT2D eigenvalue weighted by Gasteiger charge is 2.12. The maximum absolute atomic E-state index is 11.7. The molecule has 0 unspecified atom stereocenters. The Morgan fingerprint density at radius 2 is 1.67 bits per heavy atom. The van der Waals surface area contributed by atoms with Crippen LogP contribution in [-0.4, -0.2) is 24.4 Å². The van der Waals surface area contributed by atoms with Gasteiger partial charge in [-0.3, -0.25) is 14.4 Å². The van der Waals surface area contributed by atoms with E-state index in [4.69, 9.17) is 9.47 Å². The first-order valence-corrected chi connectivity index (χ1v) is 6.68. The highest BCUT2D eigenvalue weighted by molar-refractivity contribution is 5.79. The molecule has 1 aromatic rings. The fourth-order valence-corrected chi connectivity index (χ4v) is 1.65. The number of hydrogen-bond acceptors (Lipinski definition) is 5. The Morgan fingerprint density at radius 1 is 1.05 bits per heavy atom. The largest absolute Gasteiger partial charge is 0.423 e. The molecule has 0 bridgehead atoms. The van der Waals surface area contributed by atoms with E-state index >= 15 is 0 Å². The zero-order valence-corrected chi connectivity index (χ0v) is 12.4. The van der Waals surface area contributed by atoms with Gasteiger partial charge in [-0.2, -0.15) is 0 Å². The van der Waals surface area contributed by atoms with Crippen molar-refractivity contribution in [3.8, 4) is 11.5 Å². The van der Waals surface area contributed by atoms with Gasteiger partial charge in [0.25, 0.3) is 0 Å². The van der Waals surface area contributed by atoms with E-state index in [1.54, 1.807) is 6.07 Å². The third-order valence-corrected chi connectivity index (χ3v) is 2.45. The number of benzene rings is 1. The fraction of sp³-hybridized carbons (Fsp3) is 0.400. The summed E-state index contributed by atoms with van der Waals surface area (Å²) >= 11 is 0. The van der Waals surface area contributed by atoms with Gasteiger partial charge in [0.1, 0.15) is 0 Å². The minimum atomic E-state index is -0.531. The van der Waals surface area contributed by atoms with Gasteiger partial charge in [0.15, 0.2) is 11.5 Å². The van der Waals surface area contributed by atoms with E-state index in [1.807, 2.05) is 6.92 Å². The second-order valence-electron chi connectivity index (χ2n) is 4.50. The molecule has 1 amide bonds. The van der Waals surface area contributed by atoms with Crippen molar-refractivity contribution in [3.05, 3.63) is 23.8 Å². The molecule has 6 heteroatoms. The van der Waals surface area contributed by atoms with Crippen LogP contribution < -0.4 is 14.8 Å². The van der Waals surface area contributed by atoms with E-state index in [9.17, 15) is 14.4 Å². The molecule has 0 atom stereocenters. The number of carbonyl (C=O) groups excluding carboxylic acids is 3. The Labute approximate surface area is 123 Å². The normalized spacial score (nSPS) is 9.86. The van der Waals surface area contributed by atoms with Gasteiger partial charge in [-0.15, -0.1) is 0 Å². The van der Waals surface area contributed by atoms with Crippen molar-refractivity contribution >= 4 is 17.8 Å². The molecule has 0 radical (unpaired) electrons. The molecule has 0 aliphatic heterocycles. The summed E-state index contributed by atoms with van der Waals surface area (Å²) in [5.41, 5.74) is 0.663. The van der Waals surface area contributed by atoms with Crippen LogP contribution in [-0.2, 0) is 20.8 Å². The van der Waals surface area contributed by atoms with E-state index in [-0.39, 0.29) is 23.8 Å². The van der Waals surface area contributed by atoms with E-state index < -0.39 is 11.9 Å². The number of amides is 1. The quantitative estimate of drug-likeness (QED) is 0.636. The first-order valence-electron chi connectivity index (χ1n) is 6.68. The summed E-state index contributed by atoms with van der Waals surface area (Å²) in [4.78, 5) is 33.8. The maximum Gasteiger partial charge on any atom is 0.308 e. The first-order chi connectivity index (χ1) is 9.92. The van der Waals surface area contributed by atoms with E-state index in [0.717, 1.165) is 6.42 Å². The van der Waals surface area contributed by atoms with E-state index in [1.165, 1.54) is 26.0 Å². The minimum absolute atomic E-state index is 0.120. The Morgan fingerprint density at radius 3 is 2.24 bits per heavy atom. The molecular weight excluding hydrogens is 274 g/mol. The first kappa shape index (κ1) is 16.7. The molecule has 0 fully saturated rings. The maximum atomic E-state index is 11.7. The van der Waals surface area contributed by atoms with Gasteiger partial charge in [0, 0.05) is 20.4 Å². The van der Waals surface area contributed by atoms with Gasteiger partial charge in [0.05, 0.1) is 6.42 Å². The standard InChI is InChI=1S/C15H19NO5/c1-4-7-16-15(19)9-12-5-6-13(20-10(2)17)14(8-12)21-11(3)18/h5-6,8H,4,7,9H2,1-3H3,(H,16,19). The lowest BCUT2D eigenvalue weighted by Crippen LogP contribution is -2.25. The second-order valence-corrected chi connectivity index (χ2v) is 4.50. The predicted octanol–water partition coefficient (Wildman–Crippen LogP) is 1.61. The zero-order valence-electron chi connectivity index (χ0n) is 12.4. The summed E-state index contributed by atoms with van der Waals surface area (Å²) < 4.78 is 9.96. The van der Waals surface area contributed by atoms with Gasteiger partial charge in [-0.25, -0.2) is 0 Å². The molecular formula is C15H19NO5. The predicted molar refractivity (Wildman–Crippen MR) is 76.1 cm³/mol.